The van der Waals surface area contributed by atoms with Gasteiger partial charge in [-0.2, -0.15) is 0 Å². The maximum atomic E-state index is 11.4. The molecule has 1 heterocycles. The number of ether oxygens (including phenoxy) is 1. The van der Waals surface area contributed by atoms with Crippen molar-refractivity contribution in [1.29, 1.82) is 0 Å². The summed E-state index contributed by atoms with van der Waals surface area (Å²) < 4.78 is 5.19. The van der Waals surface area contributed by atoms with Gasteiger partial charge in [-0.1, -0.05) is 12.1 Å². The van der Waals surface area contributed by atoms with Crippen LogP contribution in [0.15, 0.2) is 24.3 Å². The molecular formula is C15H23ClN2O2. The largest absolute Gasteiger partial charge is 0.497 e. The van der Waals surface area contributed by atoms with Gasteiger partial charge in [0.2, 0.25) is 5.91 Å². The Hall–Kier alpha value is -1.26. The molecule has 1 amide bonds. The van der Waals surface area contributed by atoms with Gasteiger partial charge in [-0.05, 0) is 37.1 Å². The summed E-state index contributed by atoms with van der Waals surface area (Å²) >= 11 is 0. The number of likely N-dealkylation sites (tertiary alicyclic amines) is 1. The van der Waals surface area contributed by atoms with Gasteiger partial charge in [0.15, 0.2) is 0 Å². The Bertz CT molecular complexity index is 426. The monoisotopic (exact) mass is 298 g/mol. The van der Waals surface area contributed by atoms with Crippen LogP contribution in [0.2, 0.25) is 0 Å². The SMILES string of the molecule is COc1cccc(CNCCCN2CCCC2=O)c1.Cl. The van der Waals surface area contributed by atoms with Crippen molar-refractivity contribution in [2.45, 2.75) is 25.8 Å². The van der Waals surface area contributed by atoms with E-state index in [0.717, 1.165) is 51.2 Å². The second-order valence-corrected chi connectivity index (χ2v) is 4.87. The normalized spacial score (nSPS) is 14.2. The Morgan fingerprint density at radius 1 is 1.40 bits per heavy atom. The molecule has 112 valence electrons. The molecule has 0 aromatic heterocycles. The number of nitrogens with zero attached hydrogens (tertiary/aromatic N) is 1. The summed E-state index contributed by atoms with van der Waals surface area (Å²) in [5, 5.41) is 3.40. The first-order valence-corrected chi connectivity index (χ1v) is 6.91. The highest BCUT2D eigenvalue weighted by Crippen LogP contribution is 2.12. The number of halogens is 1. The molecule has 0 saturated carbocycles. The van der Waals surface area contributed by atoms with E-state index in [1.807, 2.05) is 23.1 Å². The average Bonchev–Trinajstić information content (AvgIpc) is 2.84. The molecule has 1 N–H and O–H groups in total. The fourth-order valence-electron chi connectivity index (χ4n) is 2.35. The molecule has 1 aliphatic rings. The first kappa shape index (κ1) is 16.8. The van der Waals surface area contributed by atoms with Gasteiger partial charge >= 0.3 is 0 Å². The van der Waals surface area contributed by atoms with Crippen molar-refractivity contribution in [2.24, 2.45) is 0 Å². The number of nitrogens with one attached hydrogen (secondary N) is 1. The number of methoxy groups -OCH3 is 1. The molecule has 0 radical (unpaired) electrons. The first-order valence-electron chi connectivity index (χ1n) is 6.91. The van der Waals surface area contributed by atoms with Crippen molar-refractivity contribution < 1.29 is 9.53 Å². The summed E-state index contributed by atoms with van der Waals surface area (Å²) in [6.45, 7) is 3.59. The van der Waals surface area contributed by atoms with Gasteiger partial charge in [0, 0.05) is 26.1 Å². The van der Waals surface area contributed by atoms with Crippen LogP contribution in [0.3, 0.4) is 0 Å². The second-order valence-electron chi connectivity index (χ2n) is 4.87. The highest BCUT2D eigenvalue weighted by molar-refractivity contribution is 5.85. The lowest BCUT2D eigenvalue weighted by molar-refractivity contribution is -0.127. The fourth-order valence-corrected chi connectivity index (χ4v) is 2.35. The van der Waals surface area contributed by atoms with Gasteiger partial charge in [-0.15, -0.1) is 12.4 Å². The van der Waals surface area contributed by atoms with Crippen LogP contribution in [-0.4, -0.2) is 37.6 Å². The number of rotatable bonds is 7. The van der Waals surface area contributed by atoms with Gasteiger partial charge in [0.25, 0.3) is 0 Å². The van der Waals surface area contributed by atoms with Crippen LogP contribution >= 0.6 is 12.4 Å². The third-order valence-corrected chi connectivity index (χ3v) is 3.42. The summed E-state index contributed by atoms with van der Waals surface area (Å²) in [6, 6.07) is 8.07. The van der Waals surface area contributed by atoms with E-state index in [4.69, 9.17) is 4.74 Å². The molecule has 0 spiro atoms. The quantitative estimate of drug-likeness (QED) is 0.785. The van der Waals surface area contributed by atoms with Crippen LogP contribution in [0.4, 0.5) is 0 Å². The zero-order valence-corrected chi connectivity index (χ0v) is 12.7. The number of carbonyl (C=O) groups is 1. The molecule has 4 nitrogen and oxygen atoms in total. The predicted molar refractivity (Wildman–Crippen MR) is 82.4 cm³/mol. The van der Waals surface area contributed by atoms with Crippen molar-refractivity contribution in [2.75, 3.05) is 26.7 Å². The molecule has 20 heavy (non-hydrogen) atoms. The van der Waals surface area contributed by atoms with Crippen LogP contribution < -0.4 is 10.1 Å². The standard InChI is InChI=1S/C15H22N2O2.ClH/c1-19-14-6-2-5-13(11-14)12-16-8-4-10-17-9-3-7-15(17)18;/h2,5-6,11,16H,3-4,7-10,12H2,1H3;1H. The number of hydrogen-bond acceptors (Lipinski definition) is 3. The molecule has 1 saturated heterocycles. The van der Waals surface area contributed by atoms with Crippen LogP contribution in [0.1, 0.15) is 24.8 Å². The number of carbonyl (C=O) groups excluding carboxylic acids is 1. The smallest absolute Gasteiger partial charge is 0.222 e. The molecule has 1 fully saturated rings. The highest BCUT2D eigenvalue weighted by Gasteiger charge is 2.18. The van der Waals surface area contributed by atoms with Crippen molar-refractivity contribution >= 4 is 18.3 Å². The molecule has 5 heteroatoms. The molecule has 0 bridgehead atoms. The van der Waals surface area contributed by atoms with Crippen molar-refractivity contribution in [3.63, 3.8) is 0 Å². The van der Waals surface area contributed by atoms with Crippen molar-refractivity contribution in [3.8, 4) is 5.75 Å². The van der Waals surface area contributed by atoms with E-state index in [1.165, 1.54) is 5.56 Å². The number of benzene rings is 1. The zero-order valence-electron chi connectivity index (χ0n) is 11.9. The molecule has 1 aromatic carbocycles. The Labute approximate surface area is 126 Å². The van der Waals surface area contributed by atoms with Crippen LogP contribution in [0.5, 0.6) is 5.75 Å². The molecule has 1 aromatic rings. The van der Waals surface area contributed by atoms with Gasteiger partial charge in [-0.3, -0.25) is 4.79 Å². The van der Waals surface area contributed by atoms with Gasteiger partial charge in [0.05, 0.1) is 7.11 Å². The van der Waals surface area contributed by atoms with Crippen molar-refractivity contribution in [3.05, 3.63) is 29.8 Å². The first-order chi connectivity index (χ1) is 9.29. The number of hydrogen-bond donors (Lipinski definition) is 1. The lowest BCUT2D eigenvalue weighted by atomic mass is 10.2. The minimum absolute atomic E-state index is 0. The van der Waals surface area contributed by atoms with Gasteiger partial charge in [-0.25, -0.2) is 0 Å². The Morgan fingerprint density at radius 3 is 2.95 bits per heavy atom. The minimum atomic E-state index is 0. The molecule has 0 unspecified atom stereocenters. The topological polar surface area (TPSA) is 41.6 Å². The molecule has 0 atom stereocenters. The predicted octanol–water partition coefficient (Wildman–Crippen LogP) is 2.22. The average molecular weight is 299 g/mol. The van der Waals surface area contributed by atoms with E-state index in [2.05, 4.69) is 11.4 Å². The van der Waals surface area contributed by atoms with Gasteiger partial charge in [0.1, 0.15) is 5.75 Å². The van der Waals surface area contributed by atoms with Gasteiger partial charge < -0.3 is 15.0 Å². The summed E-state index contributed by atoms with van der Waals surface area (Å²) in [7, 11) is 1.68. The van der Waals surface area contributed by atoms with Crippen molar-refractivity contribution in [1.82, 2.24) is 10.2 Å². The fraction of sp³-hybridized carbons (Fsp3) is 0.533. The summed E-state index contributed by atoms with van der Waals surface area (Å²) in [5.74, 6) is 1.20. The molecule has 0 aliphatic carbocycles. The van der Waals surface area contributed by atoms with Crippen LogP contribution in [0.25, 0.3) is 0 Å². The molecule has 2 rings (SSSR count). The Kier molecular flexibility index (Phi) is 7.41. The van der Waals surface area contributed by atoms with Crippen LogP contribution in [0, 0.1) is 0 Å². The highest BCUT2D eigenvalue weighted by atomic mass is 35.5. The number of amides is 1. The second kappa shape index (κ2) is 8.82. The summed E-state index contributed by atoms with van der Waals surface area (Å²) in [5.41, 5.74) is 1.22. The van der Waals surface area contributed by atoms with E-state index in [9.17, 15) is 4.79 Å². The molecule has 1 aliphatic heterocycles. The van der Waals surface area contributed by atoms with E-state index in [-0.39, 0.29) is 12.4 Å². The third-order valence-electron chi connectivity index (χ3n) is 3.42. The van der Waals surface area contributed by atoms with Crippen LogP contribution in [-0.2, 0) is 11.3 Å². The van der Waals surface area contributed by atoms with E-state index in [1.54, 1.807) is 7.11 Å². The third kappa shape index (κ3) is 5.02. The maximum absolute atomic E-state index is 11.4. The van der Waals surface area contributed by atoms with E-state index >= 15 is 0 Å². The maximum Gasteiger partial charge on any atom is 0.222 e. The molecular weight excluding hydrogens is 276 g/mol. The lowest BCUT2D eigenvalue weighted by Crippen LogP contribution is -2.28. The minimum Gasteiger partial charge on any atom is -0.497 e. The van der Waals surface area contributed by atoms with E-state index < -0.39 is 0 Å². The summed E-state index contributed by atoms with van der Waals surface area (Å²) in [6.07, 6.45) is 2.77. The van der Waals surface area contributed by atoms with E-state index in [0.29, 0.717) is 5.91 Å². The Balaban J connectivity index is 0.00000200. The Morgan fingerprint density at radius 2 is 2.25 bits per heavy atom. The lowest BCUT2D eigenvalue weighted by Gasteiger charge is -2.15. The zero-order chi connectivity index (χ0) is 13.5. The summed E-state index contributed by atoms with van der Waals surface area (Å²) in [4.78, 5) is 13.4.